The van der Waals surface area contributed by atoms with Gasteiger partial charge in [-0.1, -0.05) is 19.3 Å². The van der Waals surface area contributed by atoms with Crippen molar-refractivity contribution in [2.75, 3.05) is 32.5 Å². The van der Waals surface area contributed by atoms with E-state index in [0.29, 0.717) is 36.0 Å². The van der Waals surface area contributed by atoms with Gasteiger partial charge in [-0.2, -0.15) is 11.8 Å². The molecular formula is C30H43FN2O3S. The van der Waals surface area contributed by atoms with Crippen molar-refractivity contribution in [2.24, 2.45) is 11.8 Å². The summed E-state index contributed by atoms with van der Waals surface area (Å²) in [4.78, 5) is 18.2. The average Bonchev–Trinajstić information content (AvgIpc) is 2.93. The third kappa shape index (κ3) is 8.31. The number of likely N-dealkylation sites (tertiary alicyclic amines) is 1. The summed E-state index contributed by atoms with van der Waals surface area (Å²) in [7, 11) is 1.61. The van der Waals surface area contributed by atoms with Crippen LogP contribution in [-0.4, -0.2) is 58.7 Å². The van der Waals surface area contributed by atoms with Gasteiger partial charge in [0.15, 0.2) is 0 Å². The third-order valence-corrected chi connectivity index (χ3v) is 9.81. The number of halogens is 1. The lowest BCUT2D eigenvalue weighted by Crippen LogP contribution is -2.41. The van der Waals surface area contributed by atoms with Crippen LogP contribution in [0.15, 0.2) is 30.5 Å². The lowest BCUT2D eigenvalue weighted by molar-refractivity contribution is -0.137. The smallest absolute Gasteiger partial charge is 0.303 e. The highest BCUT2D eigenvalue weighted by molar-refractivity contribution is 7.99. The maximum Gasteiger partial charge on any atom is 0.303 e. The minimum absolute atomic E-state index is 0.195. The summed E-state index contributed by atoms with van der Waals surface area (Å²) in [6, 6.07) is 7.37. The number of methoxy groups -OCH3 is 1. The number of pyridine rings is 1. The van der Waals surface area contributed by atoms with E-state index in [1.54, 1.807) is 19.4 Å². The summed E-state index contributed by atoms with van der Waals surface area (Å²) >= 11 is 2.16. The first-order valence-corrected chi connectivity index (χ1v) is 15.2. The monoisotopic (exact) mass is 530 g/mol. The fourth-order valence-electron chi connectivity index (χ4n) is 6.21. The number of hydrogen-bond acceptors (Lipinski definition) is 5. The molecule has 2 aliphatic rings. The van der Waals surface area contributed by atoms with Crippen molar-refractivity contribution in [2.45, 2.75) is 82.1 Å². The van der Waals surface area contributed by atoms with Crippen molar-refractivity contribution in [3.63, 3.8) is 0 Å². The minimum Gasteiger partial charge on any atom is -0.497 e. The van der Waals surface area contributed by atoms with Gasteiger partial charge in [-0.25, -0.2) is 4.39 Å². The number of benzene rings is 1. The van der Waals surface area contributed by atoms with Crippen LogP contribution in [0.4, 0.5) is 4.39 Å². The Kier molecular flexibility index (Phi) is 10.9. The third-order valence-electron chi connectivity index (χ3n) is 8.34. The maximum absolute atomic E-state index is 15.6. The number of carbonyl (C=O) groups is 1. The van der Waals surface area contributed by atoms with Crippen LogP contribution in [0, 0.1) is 11.8 Å². The van der Waals surface area contributed by atoms with Gasteiger partial charge in [-0.3, -0.25) is 9.78 Å². The van der Waals surface area contributed by atoms with Crippen molar-refractivity contribution in [1.82, 2.24) is 9.88 Å². The number of fused-ring (bicyclic) bond motifs is 1. The highest BCUT2D eigenvalue weighted by Gasteiger charge is 2.30. The number of ether oxygens (including phenoxy) is 1. The Morgan fingerprint density at radius 2 is 2.03 bits per heavy atom. The largest absolute Gasteiger partial charge is 0.497 e. The lowest BCUT2D eigenvalue weighted by Gasteiger charge is -2.39. The SMILES string of the molecule is COc1ccc2nccc([C@@H](F)CCC3CCN(CCCSC4CCCCC4)CC3CCC(=O)O)c2c1. The first-order chi connectivity index (χ1) is 18.0. The molecular weight excluding hydrogens is 487 g/mol. The number of alkyl halides is 1. The van der Waals surface area contributed by atoms with E-state index in [4.69, 9.17) is 4.74 Å². The van der Waals surface area contributed by atoms with Crippen LogP contribution in [0.2, 0.25) is 0 Å². The molecule has 3 atom stereocenters. The summed E-state index contributed by atoms with van der Waals surface area (Å²) in [5, 5.41) is 11.0. The molecule has 37 heavy (non-hydrogen) atoms. The second-order valence-corrected chi connectivity index (χ2v) is 12.3. The van der Waals surface area contributed by atoms with Gasteiger partial charge in [0.1, 0.15) is 11.9 Å². The molecule has 5 nitrogen and oxygen atoms in total. The first-order valence-electron chi connectivity index (χ1n) is 14.2. The van der Waals surface area contributed by atoms with Crippen molar-refractivity contribution in [3.05, 3.63) is 36.0 Å². The van der Waals surface area contributed by atoms with E-state index in [9.17, 15) is 9.90 Å². The highest BCUT2D eigenvalue weighted by atomic mass is 32.2. The van der Waals surface area contributed by atoms with Gasteiger partial charge >= 0.3 is 5.97 Å². The Balaban J connectivity index is 1.30. The molecule has 1 saturated heterocycles. The summed E-state index contributed by atoms with van der Waals surface area (Å²) in [5.41, 5.74) is 1.44. The van der Waals surface area contributed by atoms with Crippen LogP contribution in [0.1, 0.15) is 82.4 Å². The molecule has 1 aromatic heterocycles. The van der Waals surface area contributed by atoms with Gasteiger partial charge in [-0.15, -0.1) is 0 Å². The first kappa shape index (κ1) is 28.2. The van der Waals surface area contributed by atoms with Crippen molar-refractivity contribution in [1.29, 1.82) is 0 Å². The quantitative estimate of drug-likeness (QED) is 0.274. The highest BCUT2D eigenvalue weighted by Crippen LogP contribution is 2.37. The van der Waals surface area contributed by atoms with Crippen LogP contribution < -0.4 is 4.74 Å². The molecule has 1 aliphatic heterocycles. The molecule has 2 fully saturated rings. The second kappa shape index (κ2) is 14.3. The molecule has 1 aromatic carbocycles. The zero-order chi connectivity index (χ0) is 26.0. The average molecular weight is 531 g/mol. The molecule has 0 radical (unpaired) electrons. The predicted molar refractivity (Wildman–Crippen MR) is 150 cm³/mol. The van der Waals surface area contributed by atoms with E-state index < -0.39 is 12.1 Å². The molecule has 4 rings (SSSR count). The standard InChI is InChI=1S/C30H43FN2O3S/c1-36-24-10-12-29-27(20-24)26(14-16-32-29)28(31)11-8-22-15-18-33(21-23(22)9-13-30(34)35)17-5-19-37-25-6-3-2-4-7-25/h10,12,14,16,20,22-23,25,28H,2-9,11,13,15,17-19,21H2,1H3,(H,34,35)/t22?,23?,28-/m0/s1. The van der Waals surface area contributed by atoms with E-state index in [1.807, 2.05) is 18.2 Å². The number of aliphatic carboxylic acids is 1. The Hall–Kier alpha value is -1.86. The fourth-order valence-corrected chi connectivity index (χ4v) is 7.50. The number of hydrogen-bond donors (Lipinski definition) is 1. The number of thioether (sulfide) groups is 1. The Morgan fingerprint density at radius 1 is 1.19 bits per heavy atom. The number of rotatable bonds is 13. The number of carboxylic acid groups (broad SMARTS) is 1. The minimum atomic E-state index is -1.08. The zero-order valence-electron chi connectivity index (χ0n) is 22.2. The molecule has 2 heterocycles. The second-order valence-electron chi connectivity index (χ2n) is 10.9. The van der Waals surface area contributed by atoms with Gasteiger partial charge in [0.2, 0.25) is 0 Å². The summed E-state index contributed by atoms with van der Waals surface area (Å²) in [6.45, 7) is 3.07. The van der Waals surface area contributed by atoms with E-state index in [-0.39, 0.29) is 6.42 Å². The number of nitrogens with zero attached hydrogens (tertiary/aromatic N) is 2. The van der Waals surface area contributed by atoms with Crippen LogP contribution in [0.25, 0.3) is 10.9 Å². The molecule has 0 spiro atoms. The Morgan fingerprint density at radius 3 is 2.81 bits per heavy atom. The maximum atomic E-state index is 15.6. The summed E-state index contributed by atoms with van der Waals surface area (Å²) in [6.07, 6.45) is 11.9. The van der Waals surface area contributed by atoms with Gasteiger partial charge < -0.3 is 14.7 Å². The molecule has 204 valence electrons. The van der Waals surface area contributed by atoms with E-state index in [0.717, 1.165) is 48.6 Å². The predicted octanol–water partition coefficient (Wildman–Crippen LogP) is 7.29. The molecule has 1 aliphatic carbocycles. The van der Waals surface area contributed by atoms with Crippen LogP contribution in [0.5, 0.6) is 5.75 Å². The van der Waals surface area contributed by atoms with E-state index in [2.05, 4.69) is 21.6 Å². The van der Waals surface area contributed by atoms with E-state index in [1.165, 1.54) is 44.3 Å². The number of aromatic nitrogens is 1. The van der Waals surface area contributed by atoms with Crippen molar-refractivity contribution < 1.29 is 19.0 Å². The summed E-state index contributed by atoms with van der Waals surface area (Å²) in [5.74, 6) is 1.87. The zero-order valence-corrected chi connectivity index (χ0v) is 23.1. The van der Waals surface area contributed by atoms with Gasteiger partial charge in [0.05, 0.1) is 12.6 Å². The van der Waals surface area contributed by atoms with Gasteiger partial charge in [-0.05, 0) is 105 Å². The fraction of sp³-hybridized carbons (Fsp3) is 0.667. The number of carboxylic acids is 1. The van der Waals surface area contributed by atoms with Crippen molar-refractivity contribution in [3.8, 4) is 5.75 Å². The van der Waals surface area contributed by atoms with Crippen LogP contribution >= 0.6 is 11.8 Å². The number of piperidine rings is 1. The summed E-state index contributed by atoms with van der Waals surface area (Å²) < 4.78 is 20.9. The van der Waals surface area contributed by atoms with E-state index >= 15 is 4.39 Å². The Labute approximate surface area is 225 Å². The van der Waals surface area contributed by atoms with Gasteiger partial charge in [0.25, 0.3) is 0 Å². The molecule has 1 saturated carbocycles. The molecule has 0 bridgehead atoms. The van der Waals surface area contributed by atoms with Crippen LogP contribution in [0.3, 0.4) is 0 Å². The van der Waals surface area contributed by atoms with Crippen molar-refractivity contribution >= 4 is 28.6 Å². The topological polar surface area (TPSA) is 62.7 Å². The molecule has 1 N–H and O–H groups in total. The van der Waals surface area contributed by atoms with Crippen LogP contribution in [-0.2, 0) is 4.79 Å². The lowest BCUT2D eigenvalue weighted by atomic mass is 9.79. The molecule has 0 amide bonds. The Bertz CT molecular complexity index is 1000. The molecule has 2 aromatic rings. The normalized spacial score (nSPS) is 22.2. The van der Waals surface area contributed by atoms with Gasteiger partial charge in [0, 0.05) is 29.8 Å². The molecule has 2 unspecified atom stereocenters. The molecule has 7 heteroatoms.